The molecule has 0 atom stereocenters. The number of hydrogen-bond donors (Lipinski definition) is 0. The molecule has 82 valence electrons. The smallest absolute Gasteiger partial charge is 0.170 e. The summed E-state index contributed by atoms with van der Waals surface area (Å²) in [4.78, 5) is 3.57. The molecule has 0 bridgehead atoms. The predicted octanol–water partition coefficient (Wildman–Crippen LogP) is 4.39. The monoisotopic (exact) mass is 219 g/mol. The van der Waals surface area contributed by atoms with Gasteiger partial charge in [0.2, 0.25) is 0 Å². The van der Waals surface area contributed by atoms with Crippen LogP contribution in [0.25, 0.3) is 10.4 Å². The third kappa shape index (κ3) is 2.43. The van der Waals surface area contributed by atoms with Gasteiger partial charge in [-0.2, -0.15) is 0 Å². The van der Waals surface area contributed by atoms with Crippen molar-refractivity contribution in [2.24, 2.45) is 0 Å². The molecule has 0 saturated carbocycles. The third-order valence-electron chi connectivity index (χ3n) is 2.65. The van der Waals surface area contributed by atoms with Gasteiger partial charge in [-0.3, -0.25) is 0 Å². The zero-order valence-corrected chi connectivity index (χ0v) is 9.72. The van der Waals surface area contributed by atoms with Gasteiger partial charge in [-0.15, -0.1) is 0 Å². The zero-order valence-electron chi connectivity index (χ0n) is 9.72. The fraction of sp³-hybridized carbons (Fsp3) is 0.0625. The van der Waals surface area contributed by atoms with Gasteiger partial charge in [0.1, 0.15) is 0 Å². The maximum absolute atomic E-state index is 7.20. The van der Waals surface area contributed by atoms with E-state index in [1.807, 2.05) is 67.6 Å². The van der Waals surface area contributed by atoms with Crippen LogP contribution in [0.3, 0.4) is 0 Å². The molecule has 0 aromatic heterocycles. The van der Waals surface area contributed by atoms with E-state index in [1.165, 1.54) is 0 Å². The molecule has 2 aromatic carbocycles. The molecule has 2 rings (SSSR count). The highest BCUT2D eigenvalue weighted by atomic mass is 14.6. The standard InChI is InChI=1S/C16H13N/c1-13(17-2)16(14-9-5-3-6-10-14)15-11-7-4-8-12-15/h3-12H,1H3. The second-order valence-electron chi connectivity index (χ2n) is 3.80. The maximum Gasteiger partial charge on any atom is 0.170 e. The Balaban J connectivity index is 2.61. The Bertz CT molecular complexity index is 518. The molecular formula is C16H13N. The topological polar surface area (TPSA) is 4.36 Å². The van der Waals surface area contributed by atoms with E-state index in [0.717, 1.165) is 22.4 Å². The minimum Gasteiger partial charge on any atom is -0.242 e. The molecule has 0 N–H and O–H groups in total. The highest BCUT2D eigenvalue weighted by Gasteiger charge is 2.07. The molecule has 0 unspecified atom stereocenters. The minimum atomic E-state index is 0.724. The Kier molecular flexibility index (Phi) is 3.37. The maximum atomic E-state index is 7.20. The van der Waals surface area contributed by atoms with Crippen LogP contribution < -0.4 is 0 Å². The first-order valence-corrected chi connectivity index (χ1v) is 5.52. The fourth-order valence-electron chi connectivity index (χ4n) is 1.85. The van der Waals surface area contributed by atoms with Crippen molar-refractivity contribution in [2.45, 2.75) is 6.92 Å². The van der Waals surface area contributed by atoms with E-state index < -0.39 is 0 Å². The largest absolute Gasteiger partial charge is 0.242 e. The van der Waals surface area contributed by atoms with Crippen LogP contribution in [0.2, 0.25) is 0 Å². The van der Waals surface area contributed by atoms with Gasteiger partial charge >= 0.3 is 0 Å². The van der Waals surface area contributed by atoms with Crippen molar-refractivity contribution in [3.8, 4) is 0 Å². The molecule has 2 aromatic rings. The molecule has 0 aliphatic carbocycles. The molecule has 1 heteroatoms. The van der Waals surface area contributed by atoms with Crippen molar-refractivity contribution in [3.05, 3.63) is 88.9 Å². The van der Waals surface area contributed by atoms with Crippen LogP contribution in [-0.4, -0.2) is 0 Å². The van der Waals surface area contributed by atoms with Gasteiger partial charge < -0.3 is 0 Å². The van der Waals surface area contributed by atoms with Crippen LogP contribution in [0.5, 0.6) is 0 Å². The van der Waals surface area contributed by atoms with Gasteiger partial charge in [-0.05, 0) is 23.6 Å². The summed E-state index contributed by atoms with van der Waals surface area (Å²) in [6.45, 7) is 9.07. The van der Waals surface area contributed by atoms with Crippen LogP contribution in [0.4, 0.5) is 0 Å². The molecule has 1 nitrogen and oxygen atoms in total. The molecule has 0 radical (unpaired) electrons. The lowest BCUT2D eigenvalue weighted by molar-refractivity contribution is 1.46. The molecule has 0 saturated heterocycles. The lowest BCUT2D eigenvalue weighted by Gasteiger charge is -2.09. The van der Waals surface area contributed by atoms with Crippen LogP contribution in [0.1, 0.15) is 18.1 Å². The van der Waals surface area contributed by atoms with Crippen LogP contribution in [-0.2, 0) is 0 Å². The number of nitrogens with zero attached hydrogens (tertiary/aromatic N) is 1. The van der Waals surface area contributed by atoms with E-state index in [0.29, 0.717) is 0 Å². The molecule has 0 amide bonds. The number of benzene rings is 2. The average Bonchev–Trinajstić information content (AvgIpc) is 2.41. The highest BCUT2D eigenvalue weighted by Crippen LogP contribution is 2.27. The van der Waals surface area contributed by atoms with Crippen LogP contribution in [0, 0.1) is 6.57 Å². The lowest BCUT2D eigenvalue weighted by atomic mass is 9.96. The Morgan fingerprint density at radius 1 is 0.824 bits per heavy atom. The van der Waals surface area contributed by atoms with Gasteiger partial charge in [-0.25, -0.2) is 4.85 Å². The van der Waals surface area contributed by atoms with Crippen molar-refractivity contribution in [2.75, 3.05) is 0 Å². The zero-order chi connectivity index (χ0) is 12.1. The summed E-state index contributed by atoms with van der Waals surface area (Å²) in [6, 6.07) is 20.1. The predicted molar refractivity (Wildman–Crippen MR) is 71.2 cm³/mol. The van der Waals surface area contributed by atoms with Gasteiger partial charge in [-0.1, -0.05) is 60.7 Å². The van der Waals surface area contributed by atoms with E-state index in [2.05, 4.69) is 4.85 Å². The van der Waals surface area contributed by atoms with Crippen LogP contribution in [0.15, 0.2) is 66.4 Å². The summed E-state index contributed by atoms with van der Waals surface area (Å²) in [5, 5.41) is 0. The molecule has 0 aliphatic heterocycles. The first-order chi connectivity index (χ1) is 8.33. The minimum absolute atomic E-state index is 0.724. The normalized spacial score (nSPS) is 9.41. The summed E-state index contributed by atoms with van der Waals surface area (Å²) in [7, 11) is 0. The lowest BCUT2D eigenvalue weighted by Crippen LogP contribution is -1.89. The van der Waals surface area contributed by atoms with Crippen molar-refractivity contribution in [3.63, 3.8) is 0 Å². The average molecular weight is 219 g/mol. The summed E-state index contributed by atoms with van der Waals surface area (Å²) >= 11 is 0. The Hall–Kier alpha value is -2.33. The van der Waals surface area contributed by atoms with Gasteiger partial charge in [0, 0.05) is 0 Å². The Morgan fingerprint density at radius 2 is 1.24 bits per heavy atom. The van der Waals surface area contributed by atoms with Crippen molar-refractivity contribution in [1.82, 2.24) is 0 Å². The second-order valence-corrected chi connectivity index (χ2v) is 3.80. The first kappa shape index (κ1) is 11.2. The first-order valence-electron chi connectivity index (χ1n) is 5.52. The summed E-state index contributed by atoms with van der Waals surface area (Å²) in [5.74, 6) is 0. The summed E-state index contributed by atoms with van der Waals surface area (Å²) in [6.07, 6.45) is 0. The van der Waals surface area contributed by atoms with Crippen molar-refractivity contribution < 1.29 is 0 Å². The van der Waals surface area contributed by atoms with Crippen LogP contribution >= 0.6 is 0 Å². The van der Waals surface area contributed by atoms with Crippen molar-refractivity contribution in [1.29, 1.82) is 0 Å². The number of rotatable bonds is 2. The van der Waals surface area contributed by atoms with Gasteiger partial charge in [0.05, 0.1) is 6.57 Å². The molecule has 0 aliphatic rings. The third-order valence-corrected chi connectivity index (χ3v) is 2.65. The van der Waals surface area contributed by atoms with E-state index >= 15 is 0 Å². The fourth-order valence-corrected chi connectivity index (χ4v) is 1.85. The molecule has 17 heavy (non-hydrogen) atoms. The van der Waals surface area contributed by atoms with Gasteiger partial charge in [0.25, 0.3) is 0 Å². The molecular weight excluding hydrogens is 206 g/mol. The molecule has 0 fully saturated rings. The van der Waals surface area contributed by atoms with E-state index in [1.54, 1.807) is 0 Å². The van der Waals surface area contributed by atoms with Gasteiger partial charge in [0.15, 0.2) is 5.70 Å². The van der Waals surface area contributed by atoms with E-state index in [4.69, 9.17) is 6.57 Å². The summed E-state index contributed by atoms with van der Waals surface area (Å²) < 4.78 is 0. The highest BCUT2D eigenvalue weighted by molar-refractivity contribution is 5.82. The van der Waals surface area contributed by atoms with Crippen molar-refractivity contribution >= 4 is 5.57 Å². The molecule has 0 spiro atoms. The SMILES string of the molecule is [C-]#[N+]C(C)=C(c1ccccc1)c1ccccc1. The second kappa shape index (κ2) is 5.14. The molecule has 0 heterocycles. The number of allylic oxidation sites excluding steroid dienone is 1. The van der Waals surface area contributed by atoms with E-state index in [9.17, 15) is 0 Å². The summed E-state index contributed by atoms with van der Waals surface area (Å²) in [5.41, 5.74) is 3.92. The quantitative estimate of drug-likeness (QED) is 0.660. The Labute approximate surface area is 102 Å². The Morgan fingerprint density at radius 3 is 1.59 bits per heavy atom. The van der Waals surface area contributed by atoms with E-state index in [-0.39, 0.29) is 0 Å². The number of hydrogen-bond acceptors (Lipinski definition) is 0.